The van der Waals surface area contributed by atoms with Crippen LogP contribution in [0.1, 0.15) is 40.5 Å². The Morgan fingerprint density at radius 3 is 2.13 bits per heavy atom. The zero-order valence-corrected chi connectivity index (χ0v) is 10.4. The molecule has 0 aromatic rings. The predicted octanol–water partition coefficient (Wildman–Crippen LogP) is 3.06. The van der Waals surface area contributed by atoms with E-state index in [1.807, 2.05) is 6.92 Å². The number of rotatable bonds is 7. The molecule has 86 valence electrons. The molecule has 0 heterocycles. The number of hydrogen-bond donors (Lipinski definition) is 1. The van der Waals surface area contributed by atoms with Gasteiger partial charge in [-0.2, -0.15) is 0 Å². The lowest BCUT2D eigenvalue weighted by Gasteiger charge is -2.20. The van der Waals surface area contributed by atoms with E-state index < -0.39 is 0 Å². The minimum Gasteiger partial charge on any atom is -0.379 e. The van der Waals surface area contributed by atoms with Crippen molar-refractivity contribution in [2.75, 3.05) is 0 Å². The first-order valence-corrected chi connectivity index (χ1v) is 5.44. The number of Topliss-reactive ketones (excluding diaryl/α,β-unsaturated/α-hetero) is 1. The number of nitrogens with one attached hydrogen (secondary N) is 1. The Morgan fingerprint density at radius 1 is 1.27 bits per heavy atom. The zero-order chi connectivity index (χ0) is 12.0. The van der Waals surface area contributed by atoms with E-state index in [9.17, 15) is 4.79 Å². The van der Waals surface area contributed by atoms with E-state index in [4.69, 9.17) is 0 Å². The Bertz CT molecular complexity index is 253. The molecule has 0 fully saturated rings. The van der Waals surface area contributed by atoms with E-state index >= 15 is 0 Å². The third-order valence-electron chi connectivity index (χ3n) is 2.41. The molecule has 2 nitrogen and oxygen atoms in total. The van der Waals surface area contributed by atoms with Crippen LogP contribution in [-0.2, 0) is 4.79 Å². The van der Waals surface area contributed by atoms with E-state index in [-0.39, 0.29) is 11.8 Å². The molecule has 2 heteroatoms. The Labute approximate surface area is 93.5 Å². The predicted molar refractivity (Wildman–Crippen MR) is 65.6 cm³/mol. The van der Waals surface area contributed by atoms with Gasteiger partial charge in [0.15, 0.2) is 5.78 Å². The minimum atomic E-state index is -0.114. The molecule has 0 aliphatic carbocycles. The van der Waals surface area contributed by atoms with Crippen LogP contribution in [-0.4, -0.2) is 11.8 Å². The Balaban J connectivity index is 4.22. The summed E-state index contributed by atoms with van der Waals surface area (Å²) in [5.74, 6) is 0.523. The first kappa shape index (κ1) is 13.9. The molecule has 0 aliphatic rings. The third-order valence-corrected chi connectivity index (χ3v) is 2.41. The second-order valence-electron chi connectivity index (χ2n) is 4.48. The topological polar surface area (TPSA) is 29.1 Å². The van der Waals surface area contributed by atoms with Crippen molar-refractivity contribution in [1.82, 2.24) is 5.32 Å². The van der Waals surface area contributed by atoms with Gasteiger partial charge in [-0.05, 0) is 32.6 Å². The average molecular weight is 209 g/mol. The summed E-state index contributed by atoms with van der Waals surface area (Å²) >= 11 is 0. The first-order chi connectivity index (χ1) is 6.84. The highest BCUT2D eigenvalue weighted by molar-refractivity contribution is 5.81. The third kappa shape index (κ3) is 6.10. The quantitative estimate of drug-likeness (QED) is 0.653. The molecule has 0 bridgehead atoms. The maximum atomic E-state index is 11.4. The normalized spacial score (nSPS) is 12.3. The molecule has 0 aromatic carbocycles. The van der Waals surface area contributed by atoms with Crippen LogP contribution in [0.15, 0.2) is 24.4 Å². The highest BCUT2D eigenvalue weighted by Crippen LogP contribution is 2.10. The number of carbonyl (C=O) groups excluding carboxylic acids is 1. The molecule has 0 saturated heterocycles. The van der Waals surface area contributed by atoms with Crippen molar-refractivity contribution in [2.45, 2.75) is 46.6 Å². The summed E-state index contributed by atoms with van der Waals surface area (Å²) in [7, 11) is 0. The fourth-order valence-electron chi connectivity index (χ4n) is 1.16. The molecule has 15 heavy (non-hydrogen) atoms. The Hall–Kier alpha value is -1.05. The fourth-order valence-corrected chi connectivity index (χ4v) is 1.16. The van der Waals surface area contributed by atoms with Gasteiger partial charge in [-0.3, -0.25) is 4.79 Å². The molecule has 0 saturated carbocycles. The van der Waals surface area contributed by atoms with E-state index in [1.165, 1.54) is 0 Å². The van der Waals surface area contributed by atoms with Crippen LogP contribution in [0, 0.1) is 5.92 Å². The van der Waals surface area contributed by atoms with Gasteiger partial charge in [0.2, 0.25) is 0 Å². The molecule has 1 atom stereocenters. The van der Waals surface area contributed by atoms with Crippen molar-refractivity contribution in [3.63, 3.8) is 0 Å². The van der Waals surface area contributed by atoms with E-state index in [2.05, 4.69) is 32.3 Å². The standard InChI is InChI=1S/C13H23NO/c1-9(2)7-8-13(12(6)15)14-11(5)10(3)4/h10,13-14H,1,5,7-8H2,2-4,6H3/t13-/m1/s1. The zero-order valence-electron chi connectivity index (χ0n) is 10.4. The van der Waals surface area contributed by atoms with Crippen LogP contribution in [0.25, 0.3) is 0 Å². The number of hydrogen-bond acceptors (Lipinski definition) is 2. The van der Waals surface area contributed by atoms with Gasteiger partial charge in [-0.1, -0.05) is 26.0 Å². The lowest BCUT2D eigenvalue weighted by molar-refractivity contribution is -0.118. The molecule has 0 amide bonds. The van der Waals surface area contributed by atoms with Crippen molar-refractivity contribution in [1.29, 1.82) is 0 Å². The first-order valence-electron chi connectivity index (χ1n) is 5.44. The summed E-state index contributed by atoms with van der Waals surface area (Å²) in [6, 6.07) is -0.114. The van der Waals surface area contributed by atoms with Crippen LogP contribution in [0.5, 0.6) is 0 Å². The van der Waals surface area contributed by atoms with Crippen LogP contribution in [0.4, 0.5) is 0 Å². The van der Waals surface area contributed by atoms with E-state index in [0.717, 1.165) is 24.1 Å². The molecule has 0 aromatic heterocycles. The smallest absolute Gasteiger partial charge is 0.151 e. The molecule has 0 rings (SSSR count). The molecule has 0 spiro atoms. The molecule has 0 unspecified atom stereocenters. The highest BCUT2D eigenvalue weighted by atomic mass is 16.1. The maximum Gasteiger partial charge on any atom is 0.151 e. The number of ketones is 1. The lowest BCUT2D eigenvalue weighted by atomic mass is 10.0. The summed E-state index contributed by atoms with van der Waals surface area (Å²) in [4.78, 5) is 11.4. The molecule has 0 aliphatic heterocycles. The summed E-state index contributed by atoms with van der Waals surface area (Å²) < 4.78 is 0. The number of carbonyl (C=O) groups is 1. The van der Waals surface area contributed by atoms with Gasteiger partial charge >= 0.3 is 0 Å². The van der Waals surface area contributed by atoms with Crippen molar-refractivity contribution in [3.8, 4) is 0 Å². The second-order valence-corrected chi connectivity index (χ2v) is 4.48. The highest BCUT2D eigenvalue weighted by Gasteiger charge is 2.14. The van der Waals surface area contributed by atoms with Gasteiger partial charge in [0.05, 0.1) is 6.04 Å². The lowest BCUT2D eigenvalue weighted by Crippen LogP contribution is -2.35. The van der Waals surface area contributed by atoms with E-state index in [1.54, 1.807) is 6.92 Å². The fraction of sp³-hybridized carbons (Fsp3) is 0.615. The van der Waals surface area contributed by atoms with Crippen LogP contribution in [0.3, 0.4) is 0 Å². The van der Waals surface area contributed by atoms with Crippen LogP contribution in [0.2, 0.25) is 0 Å². The summed E-state index contributed by atoms with van der Waals surface area (Å²) in [6.45, 7) is 15.5. The van der Waals surface area contributed by atoms with Gasteiger partial charge in [-0.15, -0.1) is 6.58 Å². The minimum absolute atomic E-state index is 0.114. The summed E-state index contributed by atoms with van der Waals surface area (Å²) in [6.07, 6.45) is 1.68. The molecular weight excluding hydrogens is 186 g/mol. The van der Waals surface area contributed by atoms with Gasteiger partial charge < -0.3 is 5.32 Å². The van der Waals surface area contributed by atoms with Crippen molar-refractivity contribution in [3.05, 3.63) is 24.4 Å². The maximum absolute atomic E-state index is 11.4. The molecular formula is C13H23NO. The van der Waals surface area contributed by atoms with Crippen molar-refractivity contribution in [2.24, 2.45) is 5.92 Å². The van der Waals surface area contributed by atoms with Crippen molar-refractivity contribution >= 4 is 5.78 Å². The largest absolute Gasteiger partial charge is 0.379 e. The molecule has 0 radical (unpaired) electrons. The summed E-state index contributed by atoms with van der Waals surface area (Å²) in [5, 5.41) is 3.19. The Morgan fingerprint density at radius 2 is 1.80 bits per heavy atom. The van der Waals surface area contributed by atoms with Gasteiger partial charge in [0.25, 0.3) is 0 Å². The summed E-state index contributed by atoms with van der Waals surface area (Å²) in [5.41, 5.74) is 2.04. The van der Waals surface area contributed by atoms with Gasteiger partial charge in [0.1, 0.15) is 0 Å². The molecule has 1 N–H and O–H groups in total. The van der Waals surface area contributed by atoms with E-state index in [0.29, 0.717) is 5.92 Å². The second kappa shape index (κ2) is 6.44. The van der Waals surface area contributed by atoms with Crippen LogP contribution >= 0.6 is 0 Å². The van der Waals surface area contributed by atoms with Gasteiger partial charge in [-0.25, -0.2) is 0 Å². The van der Waals surface area contributed by atoms with Crippen molar-refractivity contribution < 1.29 is 4.79 Å². The average Bonchev–Trinajstić information content (AvgIpc) is 2.10. The van der Waals surface area contributed by atoms with Crippen LogP contribution < -0.4 is 5.32 Å². The SMILES string of the molecule is C=C(C)CC[C@@H](NC(=C)C(C)C)C(C)=O. The monoisotopic (exact) mass is 209 g/mol. The van der Waals surface area contributed by atoms with Gasteiger partial charge in [0, 0.05) is 5.70 Å². The Kier molecular flexibility index (Phi) is 5.99. The number of allylic oxidation sites excluding steroid dienone is 2.